The molecule has 1 saturated carbocycles. The van der Waals surface area contributed by atoms with Crippen LogP contribution in [0.15, 0.2) is 18.2 Å². The molecule has 2 saturated heterocycles. The highest BCUT2D eigenvalue weighted by Gasteiger charge is 2.56. The maximum absolute atomic E-state index is 13.6. The van der Waals surface area contributed by atoms with Crippen LogP contribution in [0.2, 0.25) is 0 Å². The van der Waals surface area contributed by atoms with Gasteiger partial charge in [-0.3, -0.25) is 14.3 Å². The molecule has 2 aromatic rings. The fraction of sp³-hybridized carbons (Fsp3) is 0.633. The van der Waals surface area contributed by atoms with E-state index >= 15 is 0 Å². The number of carbonyl (C=O) groups is 2. The molecule has 7 heteroatoms. The average Bonchev–Trinajstić information content (AvgIpc) is 3.20. The number of fused-ring (bicyclic) bond motifs is 3. The van der Waals surface area contributed by atoms with Crippen LogP contribution in [0.25, 0.3) is 0 Å². The van der Waals surface area contributed by atoms with E-state index < -0.39 is 0 Å². The van der Waals surface area contributed by atoms with Gasteiger partial charge >= 0.3 is 0 Å². The largest absolute Gasteiger partial charge is 0.393 e. The van der Waals surface area contributed by atoms with Gasteiger partial charge in [0.25, 0.3) is 5.91 Å². The molecule has 0 radical (unpaired) electrons. The Morgan fingerprint density at radius 3 is 2.51 bits per heavy atom. The molecule has 3 heterocycles. The van der Waals surface area contributed by atoms with Crippen molar-refractivity contribution >= 4 is 11.8 Å². The molecule has 6 rings (SSSR count). The molecule has 0 bridgehead atoms. The van der Waals surface area contributed by atoms with Crippen molar-refractivity contribution in [2.75, 3.05) is 26.2 Å². The van der Waals surface area contributed by atoms with Crippen molar-refractivity contribution in [2.45, 2.75) is 77.9 Å². The van der Waals surface area contributed by atoms with Gasteiger partial charge in [0.15, 0.2) is 5.69 Å². The van der Waals surface area contributed by atoms with Crippen LogP contribution in [0.4, 0.5) is 0 Å². The quantitative estimate of drug-likeness (QED) is 0.689. The number of aliphatic hydroxyl groups excluding tert-OH is 1. The normalized spacial score (nSPS) is 29.3. The van der Waals surface area contributed by atoms with Crippen LogP contribution < -0.4 is 0 Å². The van der Waals surface area contributed by atoms with Crippen molar-refractivity contribution in [1.29, 1.82) is 0 Å². The average molecular weight is 505 g/mol. The van der Waals surface area contributed by atoms with Crippen LogP contribution in [-0.2, 0) is 17.8 Å². The summed E-state index contributed by atoms with van der Waals surface area (Å²) in [7, 11) is 0. The molecule has 2 aliphatic carbocycles. The van der Waals surface area contributed by atoms with Crippen LogP contribution in [0.1, 0.15) is 83.4 Å². The fourth-order valence-corrected chi connectivity index (χ4v) is 7.28. The van der Waals surface area contributed by atoms with Crippen molar-refractivity contribution in [1.82, 2.24) is 19.6 Å². The van der Waals surface area contributed by atoms with Gasteiger partial charge in [-0.2, -0.15) is 5.10 Å². The summed E-state index contributed by atoms with van der Waals surface area (Å²) in [6.07, 6.45) is 3.14. The number of aromatic nitrogens is 2. The molecule has 3 unspecified atom stereocenters. The van der Waals surface area contributed by atoms with Gasteiger partial charge in [0.2, 0.25) is 5.91 Å². The molecule has 5 atom stereocenters. The lowest BCUT2D eigenvalue weighted by Gasteiger charge is -2.34. The summed E-state index contributed by atoms with van der Waals surface area (Å²) in [5.74, 6) is 2.20. The number of amides is 2. The Bertz CT molecular complexity index is 1230. The highest BCUT2D eigenvalue weighted by Crippen LogP contribution is 2.62. The first-order chi connectivity index (χ1) is 17.7. The first-order valence-electron chi connectivity index (χ1n) is 14.1. The van der Waals surface area contributed by atoms with Gasteiger partial charge in [0, 0.05) is 37.4 Å². The summed E-state index contributed by atoms with van der Waals surface area (Å²) in [6, 6.07) is 6.55. The van der Waals surface area contributed by atoms with Crippen molar-refractivity contribution < 1.29 is 14.7 Å². The molecule has 1 aromatic heterocycles. The standard InChI is InChI=1S/C30H40N4O3/c1-17-6-5-7-22(19(17)3)21-8-11-32(12-9-21)26(36)16-34-24-14-23-20(4)27(23)28(24)29(31-34)30(37)33-13-10-25(35)18(2)15-33/h5-7,18,20-21,23,25,27,35H,8-16H2,1-4H3/t18-,20?,23?,25+,27?/m0/s1. The Morgan fingerprint density at radius 2 is 1.78 bits per heavy atom. The van der Waals surface area contributed by atoms with Gasteiger partial charge in [0.1, 0.15) is 6.54 Å². The number of aryl methyl sites for hydroxylation is 1. The van der Waals surface area contributed by atoms with Crippen LogP contribution in [0.3, 0.4) is 0 Å². The van der Waals surface area contributed by atoms with E-state index in [2.05, 4.69) is 39.0 Å². The predicted molar refractivity (Wildman–Crippen MR) is 141 cm³/mol. The van der Waals surface area contributed by atoms with Crippen LogP contribution >= 0.6 is 0 Å². The van der Waals surface area contributed by atoms with Crippen molar-refractivity contribution in [3.63, 3.8) is 0 Å². The van der Waals surface area contributed by atoms with Gasteiger partial charge in [0.05, 0.1) is 6.10 Å². The number of benzene rings is 1. The Hall–Kier alpha value is -2.67. The number of piperidine rings is 2. The van der Waals surface area contributed by atoms with Crippen molar-refractivity contribution in [3.8, 4) is 0 Å². The number of carbonyl (C=O) groups excluding carboxylic acids is 2. The number of hydrogen-bond donors (Lipinski definition) is 1. The number of hydrogen-bond acceptors (Lipinski definition) is 4. The second-order valence-corrected chi connectivity index (χ2v) is 12.1. The molecule has 1 N–H and O–H groups in total. The second kappa shape index (κ2) is 9.26. The Kier molecular flexibility index (Phi) is 6.17. The first-order valence-corrected chi connectivity index (χ1v) is 14.1. The van der Waals surface area contributed by atoms with E-state index in [4.69, 9.17) is 5.10 Å². The number of likely N-dealkylation sites (tertiary alicyclic amines) is 2. The van der Waals surface area contributed by atoms with Gasteiger partial charge < -0.3 is 14.9 Å². The minimum Gasteiger partial charge on any atom is -0.393 e. The second-order valence-electron chi connectivity index (χ2n) is 12.1. The van der Waals surface area contributed by atoms with E-state index in [1.165, 1.54) is 16.7 Å². The molecule has 4 aliphatic rings. The molecule has 2 aliphatic heterocycles. The molecule has 198 valence electrons. The summed E-state index contributed by atoms with van der Waals surface area (Å²) in [6.45, 7) is 11.5. The Morgan fingerprint density at radius 1 is 1.05 bits per heavy atom. The van der Waals surface area contributed by atoms with Gasteiger partial charge in [-0.25, -0.2) is 0 Å². The molecule has 2 amide bonds. The summed E-state index contributed by atoms with van der Waals surface area (Å²) < 4.78 is 1.85. The maximum atomic E-state index is 13.6. The molecule has 1 aromatic carbocycles. The zero-order chi connectivity index (χ0) is 26.0. The van der Waals surface area contributed by atoms with Crippen LogP contribution in [-0.4, -0.2) is 68.8 Å². The van der Waals surface area contributed by atoms with Gasteiger partial charge in [-0.15, -0.1) is 0 Å². The lowest BCUT2D eigenvalue weighted by molar-refractivity contribution is -0.133. The third-order valence-electron chi connectivity index (χ3n) is 9.99. The smallest absolute Gasteiger partial charge is 0.274 e. The summed E-state index contributed by atoms with van der Waals surface area (Å²) in [5.41, 5.74) is 6.88. The highest BCUT2D eigenvalue weighted by atomic mass is 16.3. The van der Waals surface area contributed by atoms with Crippen LogP contribution in [0, 0.1) is 31.6 Å². The third kappa shape index (κ3) is 4.19. The van der Waals surface area contributed by atoms with E-state index in [1.54, 1.807) is 0 Å². The monoisotopic (exact) mass is 504 g/mol. The first kappa shape index (κ1) is 24.7. The van der Waals surface area contributed by atoms with Gasteiger partial charge in [-0.1, -0.05) is 32.0 Å². The van der Waals surface area contributed by atoms with E-state index in [1.807, 2.05) is 21.4 Å². The zero-order valence-electron chi connectivity index (χ0n) is 22.6. The van der Waals surface area contributed by atoms with E-state index in [-0.39, 0.29) is 30.4 Å². The summed E-state index contributed by atoms with van der Waals surface area (Å²) in [4.78, 5) is 30.8. The van der Waals surface area contributed by atoms with E-state index in [9.17, 15) is 14.7 Å². The fourth-order valence-electron chi connectivity index (χ4n) is 7.28. The topological polar surface area (TPSA) is 78.7 Å². The molecular formula is C30H40N4O3. The van der Waals surface area contributed by atoms with Crippen molar-refractivity contribution in [3.05, 3.63) is 51.8 Å². The molecule has 7 nitrogen and oxygen atoms in total. The summed E-state index contributed by atoms with van der Waals surface area (Å²) in [5, 5.41) is 14.9. The van der Waals surface area contributed by atoms with E-state index in [0.29, 0.717) is 48.9 Å². The number of nitrogens with zero attached hydrogens (tertiary/aromatic N) is 4. The number of aliphatic hydroxyl groups is 1. The molecular weight excluding hydrogens is 464 g/mol. The minimum atomic E-state index is -0.350. The zero-order valence-corrected chi connectivity index (χ0v) is 22.6. The summed E-state index contributed by atoms with van der Waals surface area (Å²) >= 11 is 0. The molecule has 0 spiro atoms. The number of rotatable bonds is 4. The molecule has 3 fully saturated rings. The minimum absolute atomic E-state index is 0.0321. The lowest BCUT2D eigenvalue weighted by atomic mass is 9.85. The third-order valence-corrected chi connectivity index (χ3v) is 9.99. The SMILES string of the molecule is Cc1cccc(C2CCN(C(=O)Cn3nc(C(=O)N4CC[C@@H](O)[C@@H](C)C4)c4c3CC3C(C)C43)CC2)c1C. The Labute approximate surface area is 219 Å². The van der Waals surface area contributed by atoms with Gasteiger partial charge in [-0.05, 0) is 85.8 Å². The predicted octanol–water partition coefficient (Wildman–Crippen LogP) is 3.65. The molecule has 37 heavy (non-hydrogen) atoms. The van der Waals surface area contributed by atoms with E-state index in [0.717, 1.165) is 43.6 Å². The van der Waals surface area contributed by atoms with Crippen LogP contribution in [0.5, 0.6) is 0 Å². The Balaban J connectivity index is 1.16. The highest BCUT2D eigenvalue weighted by molar-refractivity contribution is 5.95. The lowest BCUT2D eigenvalue weighted by Crippen LogP contribution is -2.45. The van der Waals surface area contributed by atoms with Crippen molar-refractivity contribution in [2.24, 2.45) is 17.8 Å². The maximum Gasteiger partial charge on any atom is 0.274 e.